The summed E-state index contributed by atoms with van der Waals surface area (Å²) >= 11 is 3.21. The van der Waals surface area contributed by atoms with Gasteiger partial charge in [-0.25, -0.2) is 4.98 Å². The Morgan fingerprint density at radius 2 is 2.53 bits per heavy atom. The molecule has 15 heavy (non-hydrogen) atoms. The predicted molar refractivity (Wildman–Crippen MR) is 57.4 cm³/mol. The van der Waals surface area contributed by atoms with E-state index < -0.39 is 0 Å². The van der Waals surface area contributed by atoms with Crippen LogP contribution in [0.15, 0.2) is 6.33 Å². The zero-order valence-electron chi connectivity index (χ0n) is 8.61. The van der Waals surface area contributed by atoms with Gasteiger partial charge in [0.25, 0.3) is 0 Å². The molecule has 0 saturated heterocycles. The van der Waals surface area contributed by atoms with E-state index in [1.54, 1.807) is 4.68 Å². The van der Waals surface area contributed by atoms with E-state index >= 15 is 0 Å². The average Bonchev–Trinajstić information content (AvgIpc) is 2.63. The van der Waals surface area contributed by atoms with Crippen LogP contribution in [0.1, 0.15) is 5.82 Å². The van der Waals surface area contributed by atoms with E-state index in [-0.39, 0.29) is 10.8 Å². The molecule has 0 aliphatic rings. The van der Waals surface area contributed by atoms with Crippen LogP contribution >= 0.6 is 15.9 Å². The Labute approximate surface area is 96.1 Å². The number of ether oxygens (including phenoxy) is 1. The second kappa shape index (κ2) is 5.82. The highest BCUT2D eigenvalue weighted by molar-refractivity contribution is 9.10. The van der Waals surface area contributed by atoms with Gasteiger partial charge in [0.05, 0.1) is 13.7 Å². The van der Waals surface area contributed by atoms with Gasteiger partial charge in [-0.3, -0.25) is 9.48 Å². The van der Waals surface area contributed by atoms with Crippen molar-refractivity contribution in [1.29, 1.82) is 0 Å². The molecule has 7 heteroatoms. The zero-order valence-corrected chi connectivity index (χ0v) is 10.2. The number of aryl methyl sites for hydroxylation is 1. The molecular weight excluding hydrogens is 264 g/mol. The minimum atomic E-state index is -0.337. The largest absolute Gasteiger partial charge is 0.468 e. The minimum absolute atomic E-state index is 0.291. The first kappa shape index (κ1) is 12.1. The molecule has 1 heterocycles. The van der Waals surface area contributed by atoms with Crippen LogP contribution in [0, 0.1) is 0 Å². The summed E-state index contributed by atoms with van der Waals surface area (Å²) in [6.45, 7) is 1.05. The van der Waals surface area contributed by atoms with Gasteiger partial charge in [0, 0.05) is 13.6 Å². The third-order valence-electron chi connectivity index (χ3n) is 1.87. The lowest BCUT2D eigenvalue weighted by Crippen LogP contribution is -2.30. The Kier molecular flexibility index (Phi) is 4.70. The Morgan fingerprint density at radius 1 is 1.80 bits per heavy atom. The fourth-order valence-corrected chi connectivity index (χ4v) is 1.42. The summed E-state index contributed by atoms with van der Waals surface area (Å²) in [6, 6.07) is 0. The summed E-state index contributed by atoms with van der Waals surface area (Å²) in [6.07, 6.45) is 1.49. The number of hydrogen-bond donors (Lipinski definition) is 1. The molecule has 6 nitrogen and oxygen atoms in total. The van der Waals surface area contributed by atoms with Crippen LogP contribution in [-0.4, -0.2) is 39.2 Å². The minimum Gasteiger partial charge on any atom is -0.468 e. The van der Waals surface area contributed by atoms with Crippen LogP contribution in [0.3, 0.4) is 0 Å². The summed E-state index contributed by atoms with van der Waals surface area (Å²) in [4.78, 5) is 14.7. The number of nitrogens with zero attached hydrogens (tertiary/aromatic N) is 3. The molecule has 0 aromatic carbocycles. The molecule has 1 N–H and O–H groups in total. The predicted octanol–water partition coefficient (Wildman–Crippen LogP) is -0.159. The maximum absolute atomic E-state index is 11.0. The highest BCUT2D eigenvalue weighted by atomic mass is 79.9. The number of halogens is 1. The van der Waals surface area contributed by atoms with Crippen molar-refractivity contribution in [2.24, 2.45) is 7.05 Å². The zero-order chi connectivity index (χ0) is 11.3. The molecule has 84 valence electrons. The van der Waals surface area contributed by atoms with Crippen molar-refractivity contribution in [3.63, 3.8) is 0 Å². The van der Waals surface area contributed by atoms with E-state index in [0.29, 0.717) is 13.1 Å². The number of nitrogens with one attached hydrogen (secondary N) is 1. The van der Waals surface area contributed by atoms with Gasteiger partial charge in [0.2, 0.25) is 0 Å². The SMILES string of the molecule is COC(=O)C(Br)CNCc1ncnn1C. The number of hydrogen-bond acceptors (Lipinski definition) is 5. The molecule has 0 aliphatic carbocycles. The van der Waals surface area contributed by atoms with E-state index in [9.17, 15) is 4.79 Å². The lowest BCUT2D eigenvalue weighted by Gasteiger charge is -2.08. The average molecular weight is 277 g/mol. The second-order valence-corrected chi connectivity index (χ2v) is 4.03. The fourth-order valence-electron chi connectivity index (χ4n) is 1.00. The highest BCUT2D eigenvalue weighted by Gasteiger charge is 2.14. The number of rotatable bonds is 5. The highest BCUT2D eigenvalue weighted by Crippen LogP contribution is 2.00. The van der Waals surface area contributed by atoms with E-state index in [1.165, 1.54) is 13.4 Å². The summed E-state index contributed by atoms with van der Waals surface area (Å²) in [5, 5.41) is 7.00. The van der Waals surface area contributed by atoms with Crippen molar-refractivity contribution in [2.75, 3.05) is 13.7 Å². The molecule has 0 amide bonds. The lowest BCUT2D eigenvalue weighted by molar-refractivity contribution is -0.139. The molecular formula is C8H13BrN4O2. The summed E-state index contributed by atoms with van der Waals surface area (Å²) in [7, 11) is 3.18. The molecule has 1 aromatic rings. The maximum atomic E-state index is 11.0. The molecule has 0 spiro atoms. The monoisotopic (exact) mass is 276 g/mol. The molecule has 0 saturated carbocycles. The Bertz CT molecular complexity index is 328. The molecule has 1 atom stereocenters. The van der Waals surface area contributed by atoms with Gasteiger partial charge in [0.1, 0.15) is 17.0 Å². The molecule has 0 bridgehead atoms. The van der Waals surface area contributed by atoms with Crippen LogP contribution in [0.5, 0.6) is 0 Å². The quantitative estimate of drug-likeness (QED) is 0.598. The van der Waals surface area contributed by atoms with Gasteiger partial charge in [-0.1, -0.05) is 15.9 Å². The van der Waals surface area contributed by atoms with Crippen LogP contribution in [0.4, 0.5) is 0 Å². The van der Waals surface area contributed by atoms with Crippen molar-refractivity contribution in [2.45, 2.75) is 11.4 Å². The van der Waals surface area contributed by atoms with E-state index in [1.807, 2.05) is 7.05 Å². The van der Waals surface area contributed by atoms with Gasteiger partial charge >= 0.3 is 5.97 Å². The first-order valence-corrected chi connectivity index (χ1v) is 5.32. The van der Waals surface area contributed by atoms with Gasteiger partial charge in [-0.15, -0.1) is 0 Å². The summed E-state index contributed by atoms with van der Waals surface area (Å²) in [5.41, 5.74) is 0. The normalized spacial score (nSPS) is 12.5. The van der Waals surface area contributed by atoms with Crippen molar-refractivity contribution < 1.29 is 9.53 Å². The van der Waals surface area contributed by atoms with Crippen LogP contribution in [0.2, 0.25) is 0 Å². The molecule has 0 aliphatic heterocycles. The third-order valence-corrected chi connectivity index (χ3v) is 2.57. The van der Waals surface area contributed by atoms with E-state index in [2.05, 4.69) is 36.1 Å². The second-order valence-electron chi connectivity index (χ2n) is 2.92. The van der Waals surface area contributed by atoms with Crippen molar-refractivity contribution in [1.82, 2.24) is 20.1 Å². The lowest BCUT2D eigenvalue weighted by atomic mass is 10.4. The van der Waals surface area contributed by atoms with Crippen LogP contribution in [-0.2, 0) is 23.1 Å². The number of methoxy groups -OCH3 is 1. The summed E-state index contributed by atoms with van der Waals surface area (Å²) in [5.74, 6) is 0.528. The van der Waals surface area contributed by atoms with Crippen molar-refractivity contribution >= 4 is 21.9 Å². The standard InChI is InChI=1S/C8H13BrN4O2/c1-13-7(11-5-12-13)4-10-3-6(9)8(14)15-2/h5-6,10H,3-4H2,1-2H3. The van der Waals surface area contributed by atoms with Gasteiger partial charge < -0.3 is 10.1 Å². The number of carbonyl (C=O) groups is 1. The summed E-state index contributed by atoms with van der Waals surface area (Å²) < 4.78 is 6.24. The van der Waals surface area contributed by atoms with E-state index in [0.717, 1.165) is 5.82 Å². The molecule has 0 fully saturated rings. The van der Waals surface area contributed by atoms with Crippen LogP contribution < -0.4 is 5.32 Å². The Balaban J connectivity index is 2.28. The fraction of sp³-hybridized carbons (Fsp3) is 0.625. The molecule has 1 aromatic heterocycles. The third kappa shape index (κ3) is 3.60. The van der Waals surface area contributed by atoms with Gasteiger partial charge in [0.15, 0.2) is 0 Å². The number of esters is 1. The number of alkyl halides is 1. The molecule has 0 radical (unpaired) electrons. The number of aromatic nitrogens is 3. The van der Waals surface area contributed by atoms with Gasteiger partial charge in [-0.2, -0.15) is 5.10 Å². The molecule has 1 rings (SSSR count). The first-order valence-electron chi connectivity index (χ1n) is 4.40. The number of carbonyl (C=O) groups excluding carboxylic acids is 1. The maximum Gasteiger partial charge on any atom is 0.320 e. The Hall–Kier alpha value is -0.950. The Morgan fingerprint density at radius 3 is 3.07 bits per heavy atom. The topological polar surface area (TPSA) is 69.0 Å². The first-order chi connectivity index (χ1) is 7.15. The van der Waals surface area contributed by atoms with Crippen molar-refractivity contribution in [3.05, 3.63) is 12.2 Å². The smallest absolute Gasteiger partial charge is 0.320 e. The molecule has 1 unspecified atom stereocenters. The van der Waals surface area contributed by atoms with Gasteiger partial charge in [-0.05, 0) is 0 Å². The van der Waals surface area contributed by atoms with Crippen LogP contribution in [0.25, 0.3) is 0 Å². The van der Waals surface area contributed by atoms with E-state index in [4.69, 9.17) is 0 Å². The van der Waals surface area contributed by atoms with Crippen molar-refractivity contribution in [3.8, 4) is 0 Å².